The Kier molecular flexibility index (Phi) is 2.87. The molecule has 0 radical (unpaired) electrons. The number of halogens is 1. The first-order valence-electron chi connectivity index (χ1n) is 5.58. The van der Waals surface area contributed by atoms with Crippen LogP contribution in [-0.4, -0.2) is 9.97 Å². The fraction of sp³-hybridized carbons (Fsp3) is 0.0769. The van der Waals surface area contributed by atoms with Crippen LogP contribution in [0.1, 0.15) is 5.69 Å². The van der Waals surface area contributed by atoms with Gasteiger partial charge in [-0.1, -0.05) is 0 Å². The molecule has 0 fully saturated rings. The predicted octanol–water partition coefficient (Wildman–Crippen LogP) is 3.40. The molecule has 96 valence electrons. The number of pyridine rings is 1. The largest absolute Gasteiger partial charge is 0.439 e. The Balaban J connectivity index is 2.17. The number of benzene rings is 1. The number of aryl methyl sites for hydroxylation is 1. The van der Waals surface area contributed by atoms with Crippen LogP contribution in [0.3, 0.4) is 0 Å². The third-order valence-electron chi connectivity index (χ3n) is 2.62. The van der Waals surface area contributed by atoms with Gasteiger partial charge in [0, 0.05) is 17.3 Å². The number of hydrogen-bond acceptors (Lipinski definition) is 5. The molecule has 0 amide bonds. The van der Waals surface area contributed by atoms with Crippen molar-refractivity contribution in [3.05, 3.63) is 42.2 Å². The number of oxazole rings is 1. The minimum atomic E-state index is -0.426. The van der Waals surface area contributed by atoms with Crippen molar-refractivity contribution in [3.8, 4) is 0 Å². The molecule has 3 aromatic rings. The summed E-state index contributed by atoms with van der Waals surface area (Å²) in [4.78, 5) is 8.71. The van der Waals surface area contributed by atoms with E-state index >= 15 is 0 Å². The Labute approximate surface area is 112 Å². The maximum atomic E-state index is 14.1. The molecule has 0 atom stereocenters. The molecule has 6 heteroatoms. The zero-order valence-electron chi connectivity index (χ0n) is 10.1. The summed E-state index contributed by atoms with van der Waals surface area (Å²) in [6.07, 6.45) is 3.12. The maximum absolute atomic E-state index is 14.1. The molecule has 0 aliphatic rings. The lowest BCUT2D eigenvalue weighted by Crippen LogP contribution is -1.94. The highest BCUT2D eigenvalue weighted by atomic mass is 32.2. The summed E-state index contributed by atoms with van der Waals surface area (Å²) in [5.74, 6) is -0.426. The Bertz CT molecular complexity index is 757. The number of rotatable bonds is 2. The SMILES string of the molecule is Cc1coc(Sc2c(F)cc(N)c3cccnc23)n1. The molecule has 3 rings (SSSR count). The number of nitrogens with two attached hydrogens (primary N) is 1. The summed E-state index contributed by atoms with van der Waals surface area (Å²) in [6, 6.07) is 4.87. The second kappa shape index (κ2) is 4.55. The van der Waals surface area contributed by atoms with Crippen molar-refractivity contribution in [1.82, 2.24) is 9.97 Å². The van der Waals surface area contributed by atoms with Crippen molar-refractivity contribution in [3.63, 3.8) is 0 Å². The third-order valence-corrected chi connectivity index (χ3v) is 3.57. The standard InChI is InChI=1S/C13H10FN3OS/c1-7-6-18-13(17-7)19-12-9(14)5-10(15)8-3-2-4-16-11(8)12/h2-6H,15H2,1H3. The molecule has 4 nitrogen and oxygen atoms in total. The van der Waals surface area contributed by atoms with Crippen molar-refractivity contribution < 1.29 is 8.81 Å². The molecule has 0 saturated carbocycles. The van der Waals surface area contributed by atoms with Crippen LogP contribution in [-0.2, 0) is 0 Å². The zero-order chi connectivity index (χ0) is 13.4. The van der Waals surface area contributed by atoms with Gasteiger partial charge in [0.2, 0.25) is 0 Å². The monoisotopic (exact) mass is 275 g/mol. The van der Waals surface area contributed by atoms with E-state index in [4.69, 9.17) is 10.2 Å². The van der Waals surface area contributed by atoms with Crippen LogP contribution in [0, 0.1) is 12.7 Å². The van der Waals surface area contributed by atoms with E-state index in [-0.39, 0.29) is 0 Å². The highest BCUT2D eigenvalue weighted by Gasteiger charge is 2.15. The Hall–Kier alpha value is -2.08. The van der Waals surface area contributed by atoms with Crippen molar-refractivity contribution in [2.45, 2.75) is 17.0 Å². The summed E-state index contributed by atoms with van der Waals surface area (Å²) in [5.41, 5.74) is 7.42. The highest BCUT2D eigenvalue weighted by Crippen LogP contribution is 2.36. The van der Waals surface area contributed by atoms with E-state index in [0.29, 0.717) is 21.3 Å². The van der Waals surface area contributed by atoms with Crippen molar-refractivity contribution >= 4 is 28.4 Å². The van der Waals surface area contributed by atoms with Crippen LogP contribution in [0.4, 0.5) is 10.1 Å². The van der Waals surface area contributed by atoms with Gasteiger partial charge in [0.05, 0.1) is 16.1 Å². The predicted molar refractivity (Wildman–Crippen MR) is 71.5 cm³/mol. The molecule has 0 bridgehead atoms. The number of nitrogens with zero attached hydrogens (tertiary/aromatic N) is 2. The van der Waals surface area contributed by atoms with Crippen LogP contribution in [0.5, 0.6) is 0 Å². The van der Waals surface area contributed by atoms with Gasteiger partial charge in [0.1, 0.15) is 12.1 Å². The summed E-state index contributed by atoms with van der Waals surface area (Å²) >= 11 is 1.10. The summed E-state index contributed by atoms with van der Waals surface area (Å²) in [7, 11) is 0. The van der Waals surface area contributed by atoms with Crippen LogP contribution >= 0.6 is 11.8 Å². The van der Waals surface area contributed by atoms with Gasteiger partial charge in [-0.25, -0.2) is 9.37 Å². The zero-order valence-corrected chi connectivity index (χ0v) is 10.9. The Morgan fingerprint density at radius 1 is 1.42 bits per heavy atom. The topological polar surface area (TPSA) is 64.9 Å². The first-order chi connectivity index (χ1) is 9.15. The van der Waals surface area contributed by atoms with Crippen LogP contribution in [0.25, 0.3) is 10.9 Å². The molecule has 0 unspecified atom stereocenters. The van der Waals surface area contributed by atoms with Gasteiger partial charge in [-0.15, -0.1) is 0 Å². The van der Waals surface area contributed by atoms with E-state index in [1.165, 1.54) is 12.3 Å². The molecular weight excluding hydrogens is 265 g/mol. The smallest absolute Gasteiger partial charge is 0.260 e. The Morgan fingerprint density at radius 3 is 3.00 bits per heavy atom. The van der Waals surface area contributed by atoms with E-state index in [1.807, 2.05) is 13.0 Å². The van der Waals surface area contributed by atoms with Crippen LogP contribution < -0.4 is 5.73 Å². The number of anilines is 1. The number of hydrogen-bond donors (Lipinski definition) is 1. The maximum Gasteiger partial charge on any atom is 0.260 e. The fourth-order valence-electron chi connectivity index (χ4n) is 1.78. The lowest BCUT2D eigenvalue weighted by atomic mass is 10.2. The molecule has 2 N–H and O–H groups in total. The molecule has 0 spiro atoms. The second-order valence-corrected chi connectivity index (χ2v) is 4.99. The Morgan fingerprint density at radius 2 is 2.26 bits per heavy atom. The summed E-state index contributed by atoms with van der Waals surface area (Å²) < 4.78 is 19.3. The van der Waals surface area contributed by atoms with Crippen molar-refractivity contribution in [2.24, 2.45) is 0 Å². The molecule has 2 heterocycles. The first kappa shape index (κ1) is 12.0. The van der Waals surface area contributed by atoms with Gasteiger partial charge in [-0.2, -0.15) is 0 Å². The molecule has 1 aromatic carbocycles. The summed E-state index contributed by atoms with van der Waals surface area (Å²) in [6.45, 7) is 1.81. The molecular formula is C13H10FN3OS. The number of nitrogen functional groups attached to an aromatic ring is 1. The molecule has 0 saturated heterocycles. The van der Waals surface area contributed by atoms with E-state index in [0.717, 1.165) is 22.8 Å². The fourth-order valence-corrected chi connectivity index (χ4v) is 2.65. The van der Waals surface area contributed by atoms with E-state index in [9.17, 15) is 4.39 Å². The lowest BCUT2D eigenvalue weighted by Gasteiger charge is -2.07. The van der Waals surface area contributed by atoms with Gasteiger partial charge in [0.15, 0.2) is 0 Å². The highest BCUT2D eigenvalue weighted by molar-refractivity contribution is 7.99. The lowest BCUT2D eigenvalue weighted by molar-refractivity contribution is 0.453. The van der Waals surface area contributed by atoms with Crippen molar-refractivity contribution in [2.75, 3.05) is 5.73 Å². The minimum Gasteiger partial charge on any atom is -0.439 e. The quantitative estimate of drug-likeness (QED) is 0.726. The average Bonchev–Trinajstić information content (AvgIpc) is 2.80. The van der Waals surface area contributed by atoms with Crippen molar-refractivity contribution in [1.29, 1.82) is 0 Å². The van der Waals surface area contributed by atoms with E-state index < -0.39 is 5.82 Å². The molecule has 0 aliphatic heterocycles. The molecule has 19 heavy (non-hydrogen) atoms. The number of fused-ring (bicyclic) bond motifs is 1. The van der Waals surface area contributed by atoms with Crippen LogP contribution in [0.2, 0.25) is 0 Å². The minimum absolute atomic E-state index is 0.367. The van der Waals surface area contributed by atoms with E-state index in [2.05, 4.69) is 9.97 Å². The second-order valence-electron chi connectivity index (χ2n) is 4.03. The normalized spacial score (nSPS) is 11.1. The first-order valence-corrected chi connectivity index (χ1v) is 6.39. The van der Waals surface area contributed by atoms with Gasteiger partial charge in [0.25, 0.3) is 5.22 Å². The third kappa shape index (κ3) is 2.15. The number of aromatic nitrogens is 2. The van der Waals surface area contributed by atoms with Gasteiger partial charge >= 0.3 is 0 Å². The average molecular weight is 275 g/mol. The van der Waals surface area contributed by atoms with Gasteiger partial charge < -0.3 is 10.2 Å². The molecule has 2 aromatic heterocycles. The van der Waals surface area contributed by atoms with Crippen LogP contribution in [0.15, 0.2) is 45.2 Å². The van der Waals surface area contributed by atoms with Gasteiger partial charge in [-0.05, 0) is 36.9 Å². The molecule has 0 aliphatic carbocycles. The van der Waals surface area contributed by atoms with Gasteiger partial charge in [-0.3, -0.25) is 4.98 Å². The summed E-state index contributed by atoms with van der Waals surface area (Å²) in [5, 5.41) is 1.10. The van der Waals surface area contributed by atoms with E-state index in [1.54, 1.807) is 12.3 Å².